The van der Waals surface area contributed by atoms with E-state index in [9.17, 15) is 9.59 Å². The van der Waals surface area contributed by atoms with Crippen LogP contribution in [0.1, 0.15) is 23.0 Å². The number of hydrogen-bond acceptors (Lipinski definition) is 7. The molecule has 5 aromatic rings. The van der Waals surface area contributed by atoms with Crippen molar-refractivity contribution in [1.82, 2.24) is 20.3 Å². The van der Waals surface area contributed by atoms with E-state index >= 15 is 0 Å². The van der Waals surface area contributed by atoms with Crippen molar-refractivity contribution in [3.8, 4) is 22.7 Å². The average Bonchev–Trinajstić information content (AvgIpc) is 3.52. The molecule has 34 heavy (non-hydrogen) atoms. The molecule has 1 aromatic carbocycles. The SMILES string of the molecule is CC(=O)NCc1ccc(-c2csc(NC(=O)c3cc(-c4ccncc4)nc4ccccc34)n2)o1. The molecule has 0 aliphatic heterocycles. The van der Waals surface area contributed by atoms with Crippen LogP contribution < -0.4 is 10.6 Å². The molecule has 2 amide bonds. The highest BCUT2D eigenvalue weighted by atomic mass is 32.1. The van der Waals surface area contributed by atoms with Gasteiger partial charge in [-0.2, -0.15) is 0 Å². The lowest BCUT2D eigenvalue weighted by Gasteiger charge is -2.09. The predicted molar refractivity (Wildman–Crippen MR) is 130 cm³/mol. The maximum atomic E-state index is 13.3. The van der Waals surface area contributed by atoms with E-state index in [1.165, 1.54) is 18.3 Å². The van der Waals surface area contributed by atoms with Crippen molar-refractivity contribution in [1.29, 1.82) is 0 Å². The number of carbonyl (C=O) groups is 2. The first-order chi connectivity index (χ1) is 16.6. The number of thiazole rings is 1. The summed E-state index contributed by atoms with van der Waals surface area (Å²) in [5.41, 5.74) is 3.40. The highest BCUT2D eigenvalue weighted by molar-refractivity contribution is 7.14. The molecule has 0 aliphatic carbocycles. The molecule has 0 spiro atoms. The highest BCUT2D eigenvalue weighted by Gasteiger charge is 2.17. The summed E-state index contributed by atoms with van der Waals surface area (Å²) in [7, 11) is 0. The quantitative estimate of drug-likeness (QED) is 0.366. The largest absolute Gasteiger partial charge is 0.458 e. The summed E-state index contributed by atoms with van der Waals surface area (Å²) in [6.45, 7) is 1.75. The van der Waals surface area contributed by atoms with Crippen LogP contribution in [0.4, 0.5) is 5.13 Å². The molecule has 0 fully saturated rings. The molecule has 2 N–H and O–H groups in total. The number of aromatic nitrogens is 3. The van der Waals surface area contributed by atoms with Crippen LogP contribution in [0.15, 0.2) is 76.8 Å². The summed E-state index contributed by atoms with van der Waals surface area (Å²) in [6.07, 6.45) is 3.39. The van der Waals surface area contributed by atoms with Gasteiger partial charge in [-0.15, -0.1) is 11.3 Å². The monoisotopic (exact) mass is 469 g/mol. The topological polar surface area (TPSA) is 110 Å². The fourth-order valence-corrected chi connectivity index (χ4v) is 4.16. The van der Waals surface area contributed by atoms with Crippen molar-refractivity contribution in [3.05, 3.63) is 83.7 Å². The smallest absolute Gasteiger partial charge is 0.258 e. The summed E-state index contributed by atoms with van der Waals surface area (Å²) >= 11 is 1.30. The number of carbonyl (C=O) groups excluding carboxylic acids is 2. The molecular weight excluding hydrogens is 450 g/mol. The second-order valence-corrected chi connectivity index (χ2v) is 8.33. The van der Waals surface area contributed by atoms with Crippen molar-refractivity contribution >= 4 is 39.2 Å². The fraction of sp³-hybridized carbons (Fsp3) is 0.0800. The van der Waals surface area contributed by atoms with Gasteiger partial charge < -0.3 is 9.73 Å². The minimum Gasteiger partial charge on any atom is -0.458 e. The van der Waals surface area contributed by atoms with E-state index in [1.54, 1.807) is 30.6 Å². The standard InChI is InChI=1S/C25H19N5O3S/c1-15(31)27-13-17-6-7-23(33-17)22-14-34-25(29-22)30-24(32)19-12-21(16-8-10-26-11-9-16)28-20-5-3-2-4-18(19)20/h2-12,14H,13H2,1H3,(H,27,31)(H,29,30,32). The number of hydrogen-bond donors (Lipinski definition) is 2. The van der Waals surface area contributed by atoms with Gasteiger partial charge in [-0.25, -0.2) is 9.97 Å². The number of rotatable bonds is 6. The number of furan rings is 1. The fourth-order valence-electron chi connectivity index (χ4n) is 3.46. The first kappa shape index (κ1) is 21.5. The third-order valence-electron chi connectivity index (χ3n) is 5.09. The van der Waals surface area contributed by atoms with Gasteiger partial charge in [0.15, 0.2) is 10.9 Å². The number of nitrogens with one attached hydrogen (secondary N) is 2. The Balaban J connectivity index is 1.40. The normalized spacial score (nSPS) is 10.9. The summed E-state index contributed by atoms with van der Waals surface area (Å²) < 4.78 is 5.75. The number of pyridine rings is 2. The second-order valence-electron chi connectivity index (χ2n) is 7.48. The van der Waals surface area contributed by atoms with Crippen LogP contribution in [0.2, 0.25) is 0 Å². The lowest BCUT2D eigenvalue weighted by atomic mass is 10.0. The van der Waals surface area contributed by atoms with Gasteiger partial charge in [-0.1, -0.05) is 18.2 Å². The Hall–Kier alpha value is -4.37. The zero-order valence-corrected chi connectivity index (χ0v) is 18.9. The number of amides is 2. The molecule has 4 heterocycles. The van der Waals surface area contributed by atoms with Crippen LogP contribution >= 0.6 is 11.3 Å². The minimum absolute atomic E-state index is 0.132. The first-order valence-electron chi connectivity index (χ1n) is 10.5. The molecule has 8 nitrogen and oxygen atoms in total. The first-order valence-corrected chi connectivity index (χ1v) is 11.4. The Labute approximate surface area is 198 Å². The zero-order valence-electron chi connectivity index (χ0n) is 18.1. The van der Waals surface area contributed by atoms with Crippen molar-refractivity contribution < 1.29 is 14.0 Å². The Kier molecular flexibility index (Phi) is 5.84. The average molecular weight is 470 g/mol. The summed E-state index contributed by atoms with van der Waals surface area (Å²) in [5, 5.41) is 8.60. The van der Waals surface area contributed by atoms with Crippen LogP contribution in [-0.2, 0) is 11.3 Å². The van der Waals surface area contributed by atoms with Crippen LogP contribution in [0.3, 0.4) is 0 Å². The number of para-hydroxylation sites is 1. The molecule has 5 rings (SSSR count). The van der Waals surface area contributed by atoms with Crippen LogP contribution in [0, 0.1) is 0 Å². The van der Waals surface area contributed by atoms with E-state index in [-0.39, 0.29) is 11.8 Å². The molecule has 0 aliphatic rings. The lowest BCUT2D eigenvalue weighted by molar-refractivity contribution is -0.119. The maximum Gasteiger partial charge on any atom is 0.258 e. The van der Waals surface area contributed by atoms with Gasteiger partial charge >= 0.3 is 0 Å². The second kappa shape index (κ2) is 9.24. The van der Waals surface area contributed by atoms with E-state index in [0.29, 0.717) is 40.1 Å². The molecule has 0 radical (unpaired) electrons. The van der Waals surface area contributed by atoms with E-state index < -0.39 is 0 Å². The lowest BCUT2D eigenvalue weighted by Crippen LogP contribution is -2.18. The van der Waals surface area contributed by atoms with Crippen LogP contribution in [0.25, 0.3) is 33.6 Å². The Morgan fingerprint density at radius 2 is 1.82 bits per heavy atom. The van der Waals surface area contributed by atoms with Gasteiger partial charge in [-0.3, -0.25) is 19.9 Å². The van der Waals surface area contributed by atoms with E-state index in [4.69, 9.17) is 9.40 Å². The van der Waals surface area contributed by atoms with Gasteiger partial charge in [0, 0.05) is 35.6 Å². The highest BCUT2D eigenvalue weighted by Crippen LogP contribution is 2.29. The van der Waals surface area contributed by atoms with Crippen molar-refractivity contribution in [3.63, 3.8) is 0 Å². The van der Waals surface area contributed by atoms with Gasteiger partial charge in [-0.05, 0) is 36.4 Å². The summed E-state index contributed by atoms with van der Waals surface area (Å²) in [4.78, 5) is 37.6. The summed E-state index contributed by atoms with van der Waals surface area (Å²) in [5.74, 6) is 0.773. The number of nitrogens with zero attached hydrogens (tertiary/aromatic N) is 3. The molecule has 0 unspecified atom stereocenters. The van der Waals surface area contributed by atoms with Gasteiger partial charge in [0.05, 0.1) is 23.3 Å². The Morgan fingerprint density at radius 1 is 1.00 bits per heavy atom. The van der Waals surface area contributed by atoms with Gasteiger partial charge in [0.2, 0.25) is 5.91 Å². The molecule has 0 bridgehead atoms. The van der Waals surface area contributed by atoms with Gasteiger partial charge in [0.1, 0.15) is 11.5 Å². The number of anilines is 1. The van der Waals surface area contributed by atoms with Crippen LogP contribution in [-0.4, -0.2) is 26.8 Å². The van der Waals surface area contributed by atoms with E-state index in [2.05, 4.69) is 20.6 Å². The van der Waals surface area contributed by atoms with Crippen molar-refractivity contribution in [2.24, 2.45) is 0 Å². The number of benzene rings is 1. The minimum atomic E-state index is -0.277. The molecular formula is C25H19N5O3S. The van der Waals surface area contributed by atoms with Crippen LogP contribution in [0.5, 0.6) is 0 Å². The zero-order chi connectivity index (χ0) is 23.5. The predicted octanol–water partition coefficient (Wildman–Crippen LogP) is 4.90. The molecule has 0 saturated heterocycles. The molecule has 9 heteroatoms. The van der Waals surface area contributed by atoms with Gasteiger partial charge in [0.25, 0.3) is 5.91 Å². The van der Waals surface area contributed by atoms with E-state index in [0.717, 1.165) is 16.5 Å². The Morgan fingerprint density at radius 3 is 2.65 bits per heavy atom. The maximum absolute atomic E-state index is 13.3. The Bertz CT molecular complexity index is 1490. The van der Waals surface area contributed by atoms with Crippen molar-refractivity contribution in [2.45, 2.75) is 13.5 Å². The molecule has 168 valence electrons. The third kappa shape index (κ3) is 4.55. The molecule has 0 saturated carbocycles. The number of fused-ring (bicyclic) bond motifs is 1. The van der Waals surface area contributed by atoms with E-state index in [1.807, 2.05) is 41.8 Å². The van der Waals surface area contributed by atoms with Crippen molar-refractivity contribution in [2.75, 3.05) is 5.32 Å². The summed E-state index contributed by atoms with van der Waals surface area (Å²) in [6, 6.07) is 16.6. The third-order valence-corrected chi connectivity index (χ3v) is 5.84. The molecule has 4 aromatic heterocycles. The molecule has 0 atom stereocenters.